The first-order valence-corrected chi connectivity index (χ1v) is 10.9. The van der Waals surface area contributed by atoms with Gasteiger partial charge in [-0.1, -0.05) is 0 Å². The molecule has 2 N–H and O–H groups in total. The second-order valence-electron chi connectivity index (χ2n) is 9.29. The number of carboxylic acids is 1. The van der Waals surface area contributed by atoms with E-state index < -0.39 is 23.0 Å². The smallest absolute Gasteiger partial charge is 0.309 e. The van der Waals surface area contributed by atoms with Gasteiger partial charge in [-0.25, -0.2) is 8.78 Å². The summed E-state index contributed by atoms with van der Waals surface area (Å²) in [5.41, 5.74) is 2.50. The number of phenols is 1. The maximum atomic E-state index is 14.2. The largest absolute Gasteiger partial charge is 0.508 e. The lowest BCUT2D eigenvalue weighted by Gasteiger charge is -2.43. The molecule has 168 valence electrons. The van der Waals surface area contributed by atoms with Gasteiger partial charge in [0, 0.05) is 42.0 Å². The van der Waals surface area contributed by atoms with Gasteiger partial charge in [-0.3, -0.25) is 4.79 Å². The Morgan fingerprint density at radius 3 is 2.44 bits per heavy atom. The number of nitrogens with zero attached hydrogens (tertiary/aromatic N) is 1. The molecule has 0 bridgehead atoms. The molecule has 1 saturated carbocycles. The van der Waals surface area contributed by atoms with Crippen molar-refractivity contribution < 1.29 is 28.5 Å². The Bertz CT molecular complexity index is 1210. The van der Waals surface area contributed by atoms with Gasteiger partial charge in [0.15, 0.2) is 11.6 Å². The molecule has 32 heavy (non-hydrogen) atoms. The summed E-state index contributed by atoms with van der Waals surface area (Å²) < 4.78 is 35.4. The van der Waals surface area contributed by atoms with Gasteiger partial charge in [-0.2, -0.15) is 0 Å². The maximum Gasteiger partial charge on any atom is 0.309 e. The summed E-state index contributed by atoms with van der Waals surface area (Å²) >= 11 is 0. The van der Waals surface area contributed by atoms with Crippen molar-refractivity contribution >= 4 is 16.9 Å². The van der Waals surface area contributed by atoms with Crippen molar-refractivity contribution in [3.63, 3.8) is 0 Å². The van der Waals surface area contributed by atoms with E-state index in [-0.39, 0.29) is 17.6 Å². The molecule has 1 saturated heterocycles. The summed E-state index contributed by atoms with van der Waals surface area (Å²) in [6.45, 7) is 2.96. The van der Waals surface area contributed by atoms with Crippen LogP contribution in [0.3, 0.4) is 0 Å². The van der Waals surface area contributed by atoms with E-state index in [1.54, 1.807) is 31.2 Å². The highest BCUT2D eigenvalue weighted by atomic mass is 19.2. The molecule has 0 spiro atoms. The predicted octanol–water partition coefficient (Wildman–Crippen LogP) is 5.48. The summed E-state index contributed by atoms with van der Waals surface area (Å²) in [6, 6.07) is 8.93. The normalized spacial score (nSPS) is 23.9. The fraction of sp³-hybridized carbons (Fsp3) is 0.400. The van der Waals surface area contributed by atoms with Gasteiger partial charge >= 0.3 is 5.97 Å². The fourth-order valence-electron chi connectivity index (χ4n) is 5.43. The van der Waals surface area contributed by atoms with Gasteiger partial charge in [-0.15, -0.1) is 0 Å². The Hall–Kier alpha value is -2.93. The lowest BCUT2D eigenvalue weighted by Crippen LogP contribution is -2.40. The number of phenolic OH excluding ortho intramolecular Hbond substituents is 1. The Labute approximate surface area is 184 Å². The Kier molecular flexibility index (Phi) is 4.97. The number of aliphatic carboxylic acids is 1. The third-order valence-corrected chi connectivity index (χ3v) is 7.12. The molecule has 5 rings (SSSR count). The average Bonchev–Trinajstić information content (AvgIpc) is 3.07. The maximum absolute atomic E-state index is 14.2. The highest BCUT2D eigenvalue weighted by Gasteiger charge is 2.49. The van der Waals surface area contributed by atoms with Crippen LogP contribution in [0.2, 0.25) is 0 Å². The molecule has 1 aliphatic heterocycles. The van der Waals surface area contributed by atoms with Crippen molar-refractivity contribution in [3.8, 4) is 11.4 Å². The third-order valence-electron chi connectivity index (χ3n) is 7.12. The number of halogens is 2. The third kappa shape index (κ3) is 3.26. The minimum absolute atomic E-state index is 0.00444. The number of carbonyl (C=O) groups is 1. The molecule has 0 amide bonds. The number of benzene rings is 2. The van der Waals surface area contributed by atoms with Gasteiger partial charge in [-0.05, 0) is 74.4 Å². The molecule has 0 unspecified atom stereocenters. The van der Waals surface area contributed by atoms with Crippen molar-refractivity contribution in [3.05, 3.63) is 59.3 Å². The van der Waals surface area contributed by atoms with Gasteiger partial charge in [0.1, 0.15) is 5.75 Å². The lowest BCUT2D eigenvalue weighted by atomic mass is 9.60. The first-order valence-electron chi connectivity index (χ1n) is 10.9. The quantitative estimate of drug-likeness (QED) is 0.563. The zero-order chi connectivity index (χ0) is 22.6. The summed E-state index contributed by atoms with van der Waals surface area (Å²) in [6.07, 6.45) is 2.54. The highest BCUT2D eigenvalue weighted by molar-refractivity contribution is 5.90. The van der Waals surface area contributed by atoms with Gasteiger partial charge in [0.25, 0.3) is 0 Å². The Morgan fingerprint density at radius 1 is 1.06 bits per heavy atom. The van der Waals surface area contributed by atoms with Crippen LogP contribution in [0, 0.1) is 17.0 Å². The van der Waals surface area contributed by atoms with E-state index in [4.69, 9.17) is 4.74 Å². The van der Waals surface area contributed by atoms with Crippen molar-refractivity contribution in [1.82, 2.24) is 4.57 Å². The molecule has 2 fully saturated rings. The minimum Gasteiger partial charge on any atom is -0.508 e. The van der Waals surface area contributed by atoms with E-state index in [0.29, 0.717) is 31.7 Å². The van der Waals surface area contributed by atoms with E-state index in [0.717, 1.165) is 41.1 Å². The molecule has 2 aliphatic rings. The molecule has 0 atom stereocenters. The first kappa shape index (κ1) is 20.9. The molecule has 3 aromatic rings. The zero-order valence-corrected chi connectivity index (χ0v) is 17.8. The molecule has 0 radical (unpaired) electrons. The van der Waals surface area contributed by atoms with E-state index in [2.05, 4.69) is 0 Å². The Morgan fingerprint density at radius 2 is 1.78 bits per heavy atom. The van der Waals surface area contributed by atoms with Crippen LogP contribution >= 0.6 is 0 Å². The Balaban J connectivity index is 1.76. The van der Waals surface area contributed by atoms with E-state index in [1.165, 1.54) is 6.07 Å². The van der Waals surface area contributed by atoms with Crippen molar-refractivity contribution in [2.75, 3.05) is 13.2 Å². The molecule has 1 aliphatic carbocycles. The number of carboxylic acid groups (broad SMARTS) is 1. The fourth-order valence-corrected chi connectivity index (χ4v) is 5.43. The van der Waals surface area contributed by atoms with Crippen LogP contribution in [-0.2, 0) is 9.53 Å². The molecule has 5 nitrogen and oxygen atoms in total. The lowest BCUT2D eigenvalue weighted by molar-refractivity contribution is -0.154. The number of hydrogen-bond donors (Lipinski definition) is 2. The second kappa shape index (κ2) is 7.59. The van der Waals surface area contributed by atoms with Crippen LogP contribution < -0.4 is 0 Å². The standard InChI is InChI=1S/C25H25F2NO4/c1-25(24(30)31)12-15(13-25)22-18-11-17(29)3-5-21(18)28(16-2-4-19(26)20(27)10-16)23(22)14-6-8-32-9-7-14/h2-5,10-11,14-15,29H,6-9,12-13H2,1H3,(H,30,31)/t15-,25+. The van der Waals surface area contributed by atoms with Crippen molar-refractivity contribution in [2.45, 2.75) is 44.4 Å². The summed E-state index contributed by atoms with van der Waals surface area (Å²) in [5, 5.41) is 20.7. The monoisotopic (exact) mass is 441 g/mol. The van der Waals surface area contributed by atoms with E-state index in [1.807, 2.05) is 4.57 Å². The molecule has 1 aromatic heterocycles. The van der Waals surface area contributed by atoms with Crippen LogP contribution in [-0.4, -0.2) is 34.0 Å². The van der Waals surface area contributed by atoms with E-state index in [9.17, 15) is 23.8 Å². The number of hydrogen-bond acceptors (Lipinski definition) is 3. The number of aromatic hydroxyl groups is 1. The van der Waals surface area contributed by atoms with Crippen molar-refractivity contribution in [2.24, 2.45) is 5.41 Å². The SMILES string of the molecule is C[C@]1(C(=O)O)C[C@@H](c2c(C3CCOCC3)n(-c3ccc(F)c(F)c3)c3ccc(O)cc32)C1. The van der Waals surface area contributed by atoms with Crippen LogP contribution in [0.5, 0.6) is 5.75 Å². The first-order chi connectivity index (χ1) is 15.3. The highest BCUT2D eigenvalue weighted by Crippen LogP contribution is 2.55. The average molecular weight is 441 g/mol. The van der Waals surface area contributed by atoms with Gasteiger partial charge in [0.05, 0.1) is 10.9 Å². The number of aromatic nitrogens is 1. The number of rotatable bonds is 4. The predicted molar refractivity (Wildman–Crippen MR) is 115 cm³/mol. The summed E-state index contributed by atoms with van der Waals surface area (Å²) in [4.78, 5) is 11.7. The zero-order valence-electron chi connectivity index (χ0n) is 17.8. The number of ether oxygens (including phenoxy) is 1. The van der Waals surface area contributed by atoms with Crippen molar-refractivity contribution in [1.29, 1.82) is 0 Å². The van der Waals surface area contributed by atoms with Crippen LogP contribution in [0.4, 0.5) is 8.78 Å². The number of fused-ring (bicyclic) bond motifs is 1. The van der Waals surface area contributed by atoms with Crippen LogP contribution in [0.15, 0.2) is 36.4 Å². The van der Waals surface area contributed by atoms with Crippen LogP contribution in [0.1, 0.15) is 55.7 Å². The van der Waals surface area contributed by atoms with Gasteiger partial charge < -0.3 is 19.5 Å². The molecular formula is C25H25F2NO4. The molecule has 2 heterocycles. The van der Waals surface area contributed by atoms with Gasteiger partial charge in [0.2, 0.25) is 0 Å². The molecule has 7 heteroatoms. The topological polar surface area (TPSA) is 71.7 Å². The minimum atomic E-state index is -0.926. The summed E-state index contributed by atoms with van der Waals surface area (Å²) in [7, 11) is 0. The van der Waals surface area contributed by atoms with E-state index >= 15 is 0 Å². The molecular weight excluding hydrogens is 416 g/mol. The second-order valence-corrected chi connectivity index (χ2v) is 9.29. The molecule has 2 aromatic carbocycles. The summed E-state index contributed by atoms with van der Waals surface area (Å²) in [5.74, 6) is -2.41. The van der Waals surface area contributed by atoms with Crippen LogP contribution in [0.25, 0.3) is 16.6 Å².